The van der Waals surface area contributed by atoms with E-state index in [4.69, 9.17) is 16.3 Å². The average molecular weight is 604 g/mol. The maximum absolute atomic E-state index is 14.1. The normalized spacial score (nSPS) is 12.7. The highest BCUT2D eigenvalue weighted by molar-refractivity contribution is 7.92. The first-order chi connectivity index (χ1) is 19.4. The van der Waals surface area contributed by atoms with Gasteiger partial charge in [0.2, 0.25) is 21.8 Å². The Morgan fingerprint density at radius 2 is 1.68 bits per heavy atom. The van der Waals surface area contributed by atoms with Gasteiger partial charge in [-0.1, -0.05) is 61.0 Å². The van der Waals surface area contributed by atoms with Crippen molar-refractivity contribution in [2.45, 2.75) is 45.3 Å². The van der Waals surface area contributed by atoms with Gasteiger partial charge in [0.1, 0.15) is 24.2 Å². The fraction of sp³-hybridized carbons (Fsp3) is 0.333. The van der Waals surface area contributed by atoms with Gasteiger partial charge in [0.25, 0.3) is 0 Å². The third-order valence-electron chi connectivity index (χ3n) is 6.63. The SMILES string of the molecule is CC[C@H](C)NC(=O)[C@H](Cc1ccccc1)N(Cc1ccc(F)cc1)C(=O)CN(c1cc(Cl)ccc1OC)S(C)(=O)=O. The van der Waals surface area contributed by atoms with Gasteiger partial charge >= 0.3 is 0 Å². The molecule has 0 heterocycles. The van der Waals surface area contributed by atoms with Crippen LogP contribution in [0.25, 0.3) is 0 Å². The van der Waals surface area contributed by atoms with Gasteiger partial charge in [-0.15, -0.1) is 0 Å². The van der Waals surface area contributed by atoms with Crippen LogP contribution in [-0.4, -0.2) is 57.1 Å². The minimum Gasteiger partial charge on any atom is -0.495 e. The van der Waals surface area contributed by atoms with Crippen molar-refractivity contribution in [3.63, 3.8) is 0 Å². The predicted molar refractivity (Wildman–Crippen MR) is 159 cm³/mol. The fourth-order valence-electron chi connectivity index (χ4n) is 4.23. The monoisotopic (exact) mass is 603 g/mol. The zero-order valence-corrected chi connectivity index (χ0v) is 25.1. The van der Waals surface area contributed by atoms with Crippen molar-refractivity contribution in [2.24, 2.45) is 0 Å². The summed E-state index contributed by atoms with van der Waals surface area (Å²) in [6.07, 6.45) is 1.82. The van der Waals surface area contributed by atoms with Gasteiger partial charge in [-0.05, 0) is 54.8 Å². The van der Waals surface area contributed by atoms with Gasteiger partial charge in [0.15, 0.2) is 0 Å². The second kappa shape index (κ2) is 14.3. The van der Waals surface area contributed by atoms with E-state index < -0.39 is 34.3 Å². The number of hydrogen-bond acceptors (Lipinski definition) is 5. The van der Waals surface area contributed by atoms with E-state index in [0.717, 1.165) is 16.1 Å². The van der Waals surface area contributed by atoms with Crippen LogP contribution in [0, 0.1) is 5.82 Å². The third kappa shape index (κ3) is 8.93. The topological polar surface area (TPSA) is 96.0 Å². The molecule has 3 aromatic rings. The molecule has 11 heteroatoms. The summed E-state index contributed by atoms with van der Waals surface area (Å²) in [7, 11) is -2.63. The van der Waals surface area contributed by atoms with Crippen LogP contribution >= 0.6 is 11.6 Å². The molecule has 0 unspecified atom stereocenters. The van der Waals surface area contributed by atoms with Crippen molar-refractivity contribution >= 4 is 39.1 Å². The van der Waals surface area contributed by atoms with Crippen LogP contribution in [0.15, 0.2) is 72.8 Å². The van der Waals surface area contributed by atoms with Gasteiger partial charge in [-0.25, -0.2) is 12.8 Å². The molecule has 220 valence electrons. The van der Waals surface area contributed by atoms with Crippen LogP contribution < -0.4 is 14.4 Å². The number of halogens is 2. The quantitative estimate of drug-likeness (QED) is 0.303. The maximum Gasteiger partial charge on any atom is 0.244 e. The Labute approximate surface area is 246 Å². The summed E-state index contributed by atoms with van der Waals surface area (Å²) in [5.41, 5.74) is 1.46. The largest absolute Gasteiger partial charge is 0.495 e. The summed E-state index contributed by atoms with van der Waals surface area (Å²) >= 11 is 6.18. The Morgan fingerprint density at radius 1 is 1.02 bits per heavy atom. The number of nitrogens with zero attached hydrogens (tertiary/aromatic N) is 2. The summed E-state index contributed by atoms with van der Waals surface area (Å²) in [6.45, 7) is 3.11. The third-order valence-corrected chi connectivity index (χ3v) is 7.99. The molecule has 1 N–H and O–H groups in total. The minimum absolute atomic E-state index is 0.0607. The molecule has 41 heavy (non-hydrogen) atoms. The van der Waals surface area contributed by atoms with Crippen LogP contribution in [0.1, 0.15) is 31.4 Å². The highest BCUT2D eigenvalue weighted by Gasteiger charge is 2.34. The van der Waals surface area contributed by atoms with Crippen LogP contribution in [0.2, 0.25) is 5.02 Å². The Kier molecular flexibility index (Phi) is 11.1. The molecule has 0 spiro atoms. The van der Waals surface area contributed by atoms with Gasteiger partial charge < -0.3 is 15.0 Å². The minimum atomic E-state index is -4.01. The molecular formula is C30H35ClFN3O5S. The first-order valence-electron chi connectivity index (χ1n) is 13.1. The molecule has 3 aromatic carbocycles. The highest BCUT2D eigenvalue weighted by atomic mass is 35.5. The number of sulfonamides is 1. The molecule has 0 aliphatic carbocycles. The Balaban J connectivity index is 2.10. The smallest absolute Gasteiger partial charge is 0.244 e. The number of ether oxygens (including phenoxy) is 1. The zero-order valence-electron chi connectivity index (χ0n) is 23.5. The molecule has 0 fully saturated rings. The Hall–Kier alpha value is -3.63. The molecule has 0 radical (unpaired) electrons. The molecule has 0 saturated carbocycles. The number of carbonyl (C=O) groups is 2. The Bertz CT molecular complexity index is 1440. The summed E-state index contributed by atoms with van der Waals surface area (Å²) in [5.74, 6) is -1.27. The second-order valence-electron chi connectivity index (χ2n) is 9.76. The van der Waals surface area contributed by atoms with E-state index in [1.54, 1.807) is 6.07 Å². The molecule has 2 atom stereocenters. The summed E-state index contributed by atoms with van der Waals surface area (Å²) in [6, 6.07) is 18.1. The molecule has 8 nitrogen and oxygen atoms in total. The van der Waals surface area contributed by atoms with Crippen LogP contribution in [0.4, 0.5) is 10.1 Å². The van der Waals surface area contributed by atoms with Crippen molar-refractivity contribution < 1.29 is 27.1 Å². The first-order valence-corrected chi connectivity index (χ1v) is 15.3. The van der Waals surface area contributed by atoms with Crippen LogP contribution in [-0.2, 0) is 32.6 Å². The fourth-order valence-corrected chi connectivity index (χ4v) is 5.25. The Morgan fingerprint density at radius 3 is 2.27 bits per heavy atom. The van der Waals surface area contributed by atoms with Crippen molar-refractivity contribution in [2.75, 3.05) is 24.2 Å². The number of amides is 2. The number of nitrogens with one attached hydrogen (secondary N) is 1. The van der Waals surface area contributed by atoms with Gasteiger partial charge in [0, 0.05) is 24.0 Å². The lowest BCUT2D eigenvalue weighted by Crippen LogP contribution is -2.54. The standard InChI is InChI=1S/C30H35ClFN3O5S/c1-5-21(2)33-30(37)27(17-22-9-7-6-8-10-22)34(19-23-11-14-25(32)15-12-23)29(36)20-35(41(4,38)39)26-18-24(31)13-16-28(26)40-3/h6-16,18,21,27H,5,17,19-20H2,1-4H3,(H,33,37)/t21-,27-/m0/s1. The van der Waals surface area contributed by atoms with E-state index >= 15 is 0 Å². The molecule has 2 amide bonds. The predicted octanol–water partition coefficient (Wildman–Crippen LogP) is 4.81. The maximum atomic E-state index is 14.1. The van der Waals surface area contributed by atoms with Crippen LogP contribution in [0.3, 0.4) is 0 Å². The van der Waals surface area contributed by atoms with E-state index in [-0.39, 0.29) is 41.4 Å². The molecule has 0 aliphatic heterocycles. The average Bonchev–Trinajstić information content (AvgIpc) is 2.94. The zero-order chi connectivity index (χ0) is 30.2. The molecular weight excluding hydrogens is 569 g/mol. The summed E-state index contributed by atoms with van der Waals surface area (Å²) < 4.78 is 45.9. The van der Waals surface area contributed by atoms with Crippen molar-refractivity contribution in [1.82, 2.24) is 10.2 Å². The highest BCUT2D eigenvalue weighted by Crippen LogP contribution is 2.33. The summed E-state index contributed by atoms with van der Waals surface area (Å²) in [4.78, 5) is 29.1. The second-order valence-corrected chi connectivity index (χ2v) is 12.1. The number of methoxy groups -OCH3 is 1. The lowest BCUT2D eigenvalue weighted by molar-refractivity contribution is -0.140. The van der Waals surface area contributed by atoms with E-state index in [0.29, 0.717) is 12.0 Å². The lowest BCUT2D eigenvalue weighted by atomic mass is 10.0. The van der Waals surface area contributed by atoms with E-state index in [1.807, 2.05) is 44.2 Å². The van der Waals surface area contributed by atoms with Gasteiger partial charge in [-0.3, -0.25) is 13.9 Å². The van der Waals surface area contributed by atoms with E-state index in [9.17, 15) is 22.4 Å². The van der Waals surface area contributed by atoms with Crippen molar-refractivity contribution in [1.29, 1.82) is 0 Å². The molecule has 0 aliphatic rings. The number of anilines is 1. The molecule has 0 bridgehead atoms. The first kappa shape index (κ1) is 31.9. The van der Waals surface area contributed by atoms with Crippen LogP contribution in [0.5, 0.6) is 5.75 Å². The summed E-state index contributed by atoms with van der Waals surface area (Å²) in [5, 5.41) is 3.21. The molecule has 0 aromatic heterocycles. The molecule has 0 saturated heterocycles. The number of hydrogen-bond donors (Lipinski definition) is 1. The van der Waals surface area contributed by atoms with E-state index in [2.05, 4.69) is 5.32 Å². The van der Waals surface area contributed by atoms with Crippen molar-refractivity contribution in [3.8, 4) is 5.75 Å². The molecule has 3 rings (SSSR count). The lowest BCUT2D eigenvalue weighted by Gasteiger charge is -2.34. The van der Waals surface area contributed by atoms with Crippen molar-refractivity contribution in [3.05, 3.63) is 94.8 Å². The number of rotatable bonds is 13. The van der Waals surface area contributed by atoms with E-state index in [1.165, 1.54) is 48.4 Å². The number of carbonyl (C=O) groups excluding carboxylic acids is 2. The van der Waals surface area contributed by atoms with Gasteiger partial charge in [-0.2, -0.15) is 0 Å². The number of benzene rings is 3. The van der Waals surface area contributed by atoms with Gasteiger partial charge in [0.05, 0.1) is 19.1 Å².